The minimum absolute atomic E-state index is 0.156. The van der Waals surface area contributed by atoms with Crippen LogP contribution in [0.5, 0.6) is 0 Å². The van der Waals surface area contributed by atoms with Crippen molar-refractivity contribution >= 4 is 0 Å². The van der Waals surface area contributed by atoms with E-state index in [1.54, 1.807) is 0 Å². The summed E-state index contributed by atoms with van der Waals surface area (Å²) in [4.78, 5) is 8.39. The molecule has 0 unspecified atom stereocenters. The van der Waals surface area contributed by atoms with Crippen molar-refractivity contribution in [1.29, 1.82) is 0 Å². The third-order valence-corrected chi connectivity index (χ3v) is 6.82. The number of nitrogens with zero attached hydrogens (tertiary/aromatic N) is 1. The molecule has 2 aliphatic carbocycles. The van der Waals surface area contributed by atoms with E-state index in [9.17, 15) is 4.39 Å². The number of rotatable bonds is 4. The summed E-state index contributed by atoms with van der Waals surface area (Å²) < 4.78 is 13.3. The molecular formula is C23H32FN3. The van der Waals surface area contributed by atoms with Crippen molar-refractivity contribution < 1.29 is 4.39 Å². The highest BCUT2D eigenvalue weighted by molar-refractivity contribution is 5.58. The van der Waals surface area contributed by atoms with Crippen LogP contribution in [-0.2, 0) is 0 Å². The molecule has 2 fully saturated rings. The summed E-state index contributed by atoms with van der Waals surface area (Å²) in [6.45, 7) is 0. The molecule has 2 aliphatic rings. The van der Waals surface area contributed by atoms with Crippen LogP contribution in [0.25, 0.3) is 11.3 Å². The van der Waals surface area contributed by atoms with E-state index in [0.29, 0.717) is 11.8 Å². The average molecular weight is 370 g/mol. The molecule has 0 amide bonds. The van der Waals surface area contributed by atoms with Gasteiger partial charge >= 0.3 is 0 Å². The lowest BCUT2D eigenvalue weighted by Gasteiger charge is -2.42. The van der Waals surface area contributed by atoms with E-state index < -0.39 is 0 Å². The zero-order valence-electron chi connectivity index (χ0n) is 16.2. The van der Waals surface area contributed by atoms with E-state index in [1.807, 2.05) is 18.3 Å². The van der Waals surface area contributed by atoms with Crippen molar-refractivity contribution in [3.8, 4) is 11.3 Å². The maximum atomic E-state index is 13.3. The molecule has 1 atom stereocenters. The van der Waals surface area contributed by atoms with Gasteiger partial charge in [0.1, 0.15) is 11.6 Å². The Morgan fingerprint density at radius 3 is 2.26 bits per heavy atom. The molecule has 4 rings (SSSR count). The zero-order valence-corrected chi connectivity index (χ0v) is 16.2. The van der Waals surface area contributed by atoms with Crippen LogP contribution >= 0.6 is 0 Å². The second kappa shape index (κ2) is 8.14. The van der Waals surface area contributed by atoms with Crippen molar-refractivity contribution in [2.75, 3.05) is 0 Å². The van der Waals surface area contributed by atoms with E-state index in [1.165, 1.54) is 69.9 Å². The van der Waals surface area contributed by atoms with Gasteiger partial charge in [-0.1, -0.05) is 44.9 Å². The van der Waals surface area contributed by atoms with Crippen LogP contribution in [0.4, 0.5) is 4.39 Å². The molecule has 1 heterocycles. The van der Waals surface area contributed by atoms with Crippen LogP contribution in [-0.4, -0.2) is 15.5 Å². The zero-order chi connectivity index (χ0) is 18.7. The summed E-state index contributed by atoms with van der Waals surface area (Å²) in [5, 5.41) is 0. The number of hydrogen-bond donors (Lipinski definition) is 2. The smallest absolute Gasteiger partial charge is 0.123 e. The predicted octanol–water partition coefficient (Wildman–Crippen LogP) is 5.93. The summed E-state index contributed by atoms with van der Waals surface area (Å²) >= 11 is 0. The Kier molecular flexibility index (Phi) is 5.63. The Morgan fingerprint density at radius 2 is 1.59 bits per heavy atom. The minimum atomic E-state index is -0.210. The van der Waals surface area contributed by atoms with Gasteiger partial charge in [0.25, 0.3) is 0 Å². The Bertz CT molecular complexity index is 722. The highest BCUT2D eigenvalue weighted by Gasteiger charge is 2.42. The summed E-state index contributed by atoms with van der Waals surface area (Å²) in [7, 11) is 0. The van der Waals surface area contributed by atoms with Gasteiger partial charge in [-0.25, -0.2) is 9.37 Å². The number of aromatic amines is 1. The predicted molar refractivity (Wildman–Crippen MR) is 108 cm³/mol. The highest BCUT2D eigenvalue weighted by Crippen LogP contribution is 2.45. The van der Waals surface area contributed by atoms with Gasteiger partial charge < -0.3 is 10.7 Å². The highest BCUT2D eigenvalue weighted by atomic mass is 19.1. The van der Waals surface area contributed by atoms with Crippen LogP contribution in [0.3, 0.4) is 0 Å². The molecule has 2 aromatic rings. The average Bonchev–Trinajstić information content (AvgIpc) is 3.05. The molecule has 146 valence electrons. The fourth-order valence-electron chi connectivity index (χ4n) is 5.40. The van der Waals surface area contributed by atoms with Gasteiger partial charge in [-0.05, 0) is 61.4 Å². The second-order valence-corrected chi connectivity index (χ2v) is 8.71. The Morgan fingerprint density at radius 1 is 0.963 bits per heavy atom. The van der Waals surface area contributed by atoms with E-state index in [4.69, 9.17) is 10.7 Å². The minimum Gasteiger partial charge on any atom is -0.342 e. The van der Waals surface area contributed by atoms with Crippen molar-refractivity contribution in [2.45, 2.75) is 82.1 Å². The fraction of sp³-hybridized carbons (Fsp3) is 0.609. The molecule has 0 radical (unpaired) electrons. The Hall–Kier alpha value is -1.68. The number of nitrogens with one attached hydrogen (secondary N) is 1. The van der Waals surface area contributed by atoms with Gasteiger partial charge in [-0.15, -0.1) is 0 Å². The van der Waals surface area contributed by atoms with E-state index in [-0.39, 0.29) is 11.4 Å². The van der Waals surface area contributed by atoms with E-state index >= 15 is 0 Å². The van der Waals surface area contributed by atoms with Gasteiger partial charge in [-0.2, -0.15) is 0 Å². The first-order chi connectivity index (χ1) is 13.2. The molecule has 3 N–H and O–H groups in total. The number of imidazole rings is 1. The number of halogens is 1. The third kappa shape index (κ3) is 4.11. The summed E-state index contributed by atoms with van der Waals surface area (Å²) in [5.41, 5.74) is 8.91. The number of aromatic nitrogens is 2. The lowest BCUT2D eigenvalue weighted by Crippen LogP contribution is -2.49. The molecule has 2 saturated carbocycles. The Balaban J connectivity index is 1.66. The molecule has 1 aromatic carbocycles. The fourth-order valence-corrected chi connectivity index (χ4v) is 5.40. The maximum Gasteiger partial charge on any atom is 0.123 e. The van der Waals surface area contributed by atoms with Crippen LogP contribution in [0.15, 0.2) is 30.5 Å². The van der Waals surface area contributed by atoms with Crippen LogP contribution in [0.1, 0.15) is 82.4 Å². The largest absolute Gasteiger partial charge is 0.342 e. The number of nitrogens with two attached hydrogens (primary N) is 1. The molecule has 27 heavy (non-hydrogen) atoms. The van der Waals surface area contributed by atoms with E-state index in [0.717, 1.165) is 29.9 Å². The molecule has 0 aliphatic heterocycles. The lowest BCUT2D eigenvalue weighted by atomic mass is 9.67. The quantitative estimate of drug-likeness (QED) is 0.656. The summed E-state index contributed by atoms with van der Waals surface area (Å²) in [6, 6.07) is 6.63. The molecule has 3 nitrogen and oxygen atoms in total. The normalized spacial score (nSPS) is 22.3. The van der Waals surface area contributed by atoms with Gasteiger partial charge in [0.2, 0.25) is 0 Å². The molecule has 0 bridgehead atoms. The third-order valence-electron chi connectivity index (χ3n) is 6.82. The van der Waals surface area contributed by atoms with Crippen molar-refractivity contribution in [3.05, 3.63) is 42.1 Å². The SMILES string of the molecule is NC1([C@@H](c2ncc(-c3ccc(F)cc3)[nH]2)C2CCCCC2)CCCCCC1. The summed E-state index contributed by atoms with van der Waals surface area (Å²) in [6.07, 6.45) is 15.6. The lowest BCUT2D eigenvalue weighted by molar-refractivity contribution is 0.187. The van der Waals surface area contributed by atoms with Gasteiger partial charge in [0, 0.05) is 11.5 Å². The number of hydrogen-bond acceptors (Lipinski definition) is 2. The standard InChI is InChI=1S/C23H32FN3/c24-19-12-10-17(11-13-19)20-16-26-22(27-20)21(18-8-4-3-5-9-18)23(25)14-6-1-2-7-15-23/h10-13,16,18,21H,1-9,14-15,25H2,(H,26,27)/t21-/m1/s1. The van der Waals surface area contributed by atoms with E-state index in [2.05, 4.69) is 4.98 Å². The molecule has 0 spiro atoms. The topological polar surface area (TPSA) is 54.7 Å². The first-order valence-electron chi connectivity index (χ1n) is 10.8. The van der Waals surface area contributed by atoms with Gasteiger partial charge in [-0.3, -0.25) is 0 Å². The second-order valence-electron chi connectivity index (χ2n) is 8.71. The maximum absolute atomic E-state index is 13.3. The van der Waals surface area contributed by atoms with Crippen LogP contribution < -0.4 is 5.73 Å². The number of H-pyrrole nitrogens is 1. The van der Waals surface area contributed by atoms with Crippen molar-refractivity contribution in [2.24, 2.45) is 11.7 Å². The molecular weight excluding hydrogens is 337 g/mol. The van der Waals surface area contributed by atoms with Crippen LogP contribution in [0, 0.1) is 11.7 Å². The van der Waals surface area contributed by atoms with Gasteiger partial charge in [0.05, 0.1) is 11.9 Å². The van der Waals surface area contributed by atoms with Crippen molar-refractivity contribution in [1.82, 2.24) is 9.97 Å². The molecule has 1 aromatic heterocycles. The van der Waals surface area contributed by atoms with Crippen molar-refractivity contribution in [3.63, 3.8) is 0 Å². The summed E-state index contributed by atoms with van der Waals surface area (Å²) in [5.74, 6) is 1.75. The Labute approximate surface area is 162 Å². The van der Waals surface area contributed by atoms with Gasteiger partial charge in [0.15, 0.2) is 0 Å². The monoisotopic (exact) mass is 369 g/mol. The first-order valence-corrected chi connectivity index (χ1v) is 10.8. The van der Waals surface area contributed by atoms with Crippen LogP contribution in [0.2, 0.25) is 0 Å². The first kappa shape index (κ1) is 18.7. The number of benzene rings is 1. The molecule has 0 saturated heterocycles. The molecule has 4 heteroatoms.